The van der Waals surface area contributed by atoms with Crippen LogP contribution >= 0.6 is 0 Å². The molecule has 0 radical (unpaired) electrons. The lowest BCUT2D eigenvalue weighted by atomic mass is 9.87. The maximum absolute atomic E-state index is 11.8. The molecule has 1 aliphatic rings. The second-order valence-electron chi connectivity index (χ2n) is 6.62. The number of nitrogens with zero attached hydrogens (tertiary/aromatic N) is 1. The molecule has 0 saturated carbocycles. The number of carbonyl (C=O) groups is 2. The van der Waals surface area contributed by atoms with Gasteiger partial charge >= 0.3 is 12.0 Å². The maximum atomic E-state index is 11.8. The molecule has 0 aromatic heterocycles. The highest BCUT2D eigenvalue weighted by molar-refractivity contribution is 5.83. The number of urea groups is 1. The molecular formula is C14H27N3O3. The van der Waals surface area contributed by atoms with E-state index in [-0.39, 0.29) is 0 Å². The van der Waals surface area contributed by atoms with Crippen molar-refractivity contribution in [1.82, 2.24) is 15.5 Å². The summed E-state index contributed by atoms with van der Waals surface area (Å²) in [6, 6.07) is -0.967. The van der Waals surface area contributed by atoms with Crippen molar-refractivity contribution in [3.8, 4) is 0 Å². The molecular weight excluding hydrogens is 258 g/mol. The fourth-order valence-corrected chi connectivity index (χ4v) is 2.44. The van der Waals surface area contributed by atoms with E-state index in [0.717, 1.165) is 13.0 Å². The van der Waals surface area contributed by atoms with Crippen LogP contribution in [0.25, 0.3) is 0 Å². The number of nitrogens with one attached hydrogen (secondary N) is 2. The molecule has 6 heteroatoms. The largest absolute Gasteiger partial charge is 0.480 e. The van der Waals surface area contributed by atoms with E-state index in [1.807, 2.05) is 0 Å². The van der Waals surface area contributed by atoms with Crippen molar-refractivity contribution < 1.29 is 14.7 Å². The van der Waals surface area contributed by atoms with Crippen molar-refractivity contribution in [2.24, 2.45) is 5.41 Å². The number of carbonyl (C=O) groups excluding carboxylic acids is 1. The van der Waals surface area contributed by atoms with E-state index in [4.69, 9.17) is 5.11 Å². The Kier molecular flexibility index (Phi) is 5.80. The Hall–Kier alpha value is -1.30. The lowest BCUT2D eigenvalue weighted by Crippen LogP contribution is -2.54. The van der Waals surface area contributed by atoms with Crippen LogP contribution in [-0.4, -0.2) is 54.2 Å². The first-order chi connectivity index (χ1) is 9.21. The minimum absolute atomic E-state index is 0.340. The molecule has 20 heavy (non-hydrogen) atoms. The van der Waals surface area contributed by atoms with Gasteiger partial charge in [-0.05, 0) is 31.8 Å². The van der Waals surface area contributed by atoms with Gasteiger partial charge in [0.25, 0.3) is 0 Å². The zero-order valence-electron chi connectivity index (χ0n) is 12.9. The van der Waals surface area contributed by atoms with Gasteiger partial charge in [-0.2, -0.15) is 0 Å². The molecule has 0 aromatic carbocycles. The lowest BCUT2D eigenvalue weighted by molar-refractivity contribution is -0.141. The fraction of sp³-hybridized carbons (Fsp3) is 0.857. The number of hydrogen-bond acceptors (Lipinski definition) is 3. The van der Waals surface area contributed by atoms with E-state index in [1.165, 1.54) is 12.8 Å². The molecule has 1 heterocycles. The van der Waals surface area contributed by atoms with Crippen LogP contribution < -0.4 is 10.6 Å². The average molecular weight is 285 g/mol. The van der Waals surface area contributed by atoms with Gasteiger partial charge in [-0.1, -0.05) is 27.2 Å². The minimum atomic E-state index is -1.01. The SMILES string of the molecule is CN1CCCCC1CNC(=O)NC(C(=O)O)C(C)(C)C. The molecule has 1 aliphatic heterocycles. The van der Waals surface area contributed by atoms with Gasteiger partial charge in [-0.15, -0.1) is 0 Å². The number of likely N-dealkylation sites (N-methyl/N-ethyl adjacent to an activating group) is 1. The molecule has 116 valence electrons. The lowest BCUT2D eigenvalue weighted by Gasteiger charge is -2.33. The Morgan fingerprint density at radius 3 is 2.50 bits per heavy atom. The average Bonchev–Trinajstić information content (AvgIpc) is 2.33. The molecule has 2 unspecified atom stereocenters. The number of carboxylic acids is 1. The van der Waals surface area contributed by atoms with E-state index in [9.17, 15) is 9.59 Å². The van der Waals surface area contributed by atoms with E-state index < -0.39 is 23.5 Å². The highest BCUT2D eigenvalue weighted by Crippen LogP contribution is 2.19. The Balaban J connectivity index is 2.44. The smallest absolute Gasteiger partial charge is 0.326 e. The van der Waals surface area contributed by atoms with Crippen LogP contribution in [0.2, 0.25) is 0 Å². The Morgan fingerprint density at radius 1 is 1.35 bits per heavy atom. The Bertz CT molecular complexity index is 352. The number of piperidine rings is 1. The topological polar surface area (TPSA) is 81.7 Å². The quantitative estimate of drug-likeness (QED) is 0.726. The van der Waals surface area contributed by atoms with E-state index in [0.29, 0.717) is 12.6 Å². The van der Waals surface area contributed by atoms with Crippen LogP contribution in [-0.2, 0) is 4.79 Å². The van der Waals surface area contributed by atoms with E-state index >= 15 is 0 Å². The van der Waals surface area contributed by atoms with Gasteiger partial charge in [0.05, 0.1) is 0 Å². The highest BCUT2D eigenvalue weighted by atomic mass is 16.4. The molecule has 2 amide bonds. The van der Waals surface area contributed by atoms with E-state index in [2.05, 4.69) is 22.6 Å². The monoisotopic (exact) mass is 285 g/mol. The van der Waals surface area contributed by atoms with Gasteiger partial charge in [-0.25, -0.2) is 9.59 Å². The highest BCUT2D eigenvalue weighted by Gasteiger charge is 2.32. The van der Waals surface area contributed by atoms with E-state index in [1.54, 1.807) is 20.8 Å². The van der Waals surface area contributed by atoms with Gasteiger partial charge < -0.3 is 20.6 Å². The summed E-state index contributed by atoms with van der Waals surface area (Å²) >= 11 is 0. The summed E-state index contributed by atoms with van der Waals surface area (Å²) in [7, 11) is 2.05. The molecule has 0 bridgehead atoms. The number of rotatable bonds is 4. The third-order valence-electron chi connectivity index (χ3n) is 3.81. The Morgan fingerprint density at radius 2 is 2.00 bits per heavy atom. The van der Waals surface area contributed by atoms with Crippen molar-refractivity contribution in [3.63, 3.8) is 0 Å². The summed E-state index contributed by atoms with van der Waals surface area (Å²) in [5.74, 6) is -1.01. The third kappa shape index (κ3) is 5.00. The number of amides is 2. The zero-order chi connectivity index (χ0) is 15.3. The van der Waals surface area contributed by atoms with Crippen molar-refractivity contribution in [2.45, 2.75) is 52.1 Å². The van der Waals surface area contributed by atoms with Crippen molar-refractivity contribution in [2.75, 3.05) is 20.1 Å². The first-order valence-electron chi connectivity index (χ1n) is 7.19. The molecule has 1 saturated heterocycles. The van der Waals surface area contributed by atoms with Crippen LogP contribution in [0.1, 0.15) is 40.0 Å². The molecule has 6 nitrogen and oxygen atoms in total. The summed E-state index contributed by atoms with van der Waals surface area (Å²) < 4.78 is 0. The summed E-state index contributed by atoms with van der Waals surface area (Å²) in [6.45, 7) is 6.98. The van der Waals surface area contributed by atoms with Crippen LogP contribution in [0.15, 0.2) is 0 Å². The molecule has 0 aromatic rings. The normalized spacial score (nSPS) is 22.1. The molecule has 2 atom stereocenters. The third-order valence-corrected chi connectivity index (χ3v) is 3.81. The predicted octanol–water partition coefficient (Wildman–Crippen LogP) is 1.27. The van der Waals surface area contributed by atoms with Crippen molar-refractivity contribution >= 4 is 12.0 Å². The van der Waals surface area contributed by atoms with Crippen LogP contribution in [0.4, 0.5) is 4.79 Å². The van der Waals surface area contributed by atoms with Crippen molar-refractivity contribution in [1.29, 1.82) is 0 Å². The van der Waals surface area contributed by atoms with Crippen LogP contribution in [0.5, 0.6) is 0 Å². The zero-order valence-corrected chi connectivity index (χ0v) is 12.9. The summed E-state index contributed by atoms with van der Waals surface area (Å²) in [5, 5.41) is 14.5. The molecule has 0 aliphatic carbocycles. The first-order valence-corrected chi connectivity index (χ1v) is 7.19. The van der Waals surface area contributed by atoms with Gasteiger partial charge in [0.15, 0.2) is 0 Å². The Labute approximate surface area is 120 Å². The summed E-state index contributed by atoms with van der Waals surface area (Å²) in [6.07, 6.45) is 3.45. The molecule has 1 rings (SSSR count). The van der Waals surface area contributed by atoms with Gasteiger partial charge in [0.2, 0.25) is 0 Å². The second kappa shape index (κ2) is 6.92. The number of aliphatic carboxylic acids is 1. The molecule has 0 spiro atoms. The summed E-state index contributed by atoms with van der Waals surface area (Å²) in [5.41, 5.74) is -0.523. The van der Waals surface area contributed by atoms with Gasteiger partial charge in [0.1, 0.15) is 6.04 Å². The number of hydrogen-bond donors (Lipinski definition) is 3. The molecule has 3 N–H and O–H groups in total. The van der Waals surface area contributed by atoms with Gasteiger partial charge in [-0.3, -0.25) is 0 Å². The molecule has 1 fully saturated rings. The number of likely N-dealkylation sites (tertiary alicyclic amines) is 1. The second-order valence-corrected chi connectivity index (χ2v) is 6.62. The number of carboxylic acid groups (broad SMARTS) is 1. The van der Waals surface area contributed by atoms with Crippen molar-refractivity contribution in [3.05, 3.63) is 0 Å². The van der Waals surface area contributed by atoms with Gasteiger partial charge in [0, 0.05) is 12.6 Å². The predicted molar refractivity (Wildman–Crippen MR) is 77.7 cm³/mol. The van der Waals surface area contributed by atoms with Crippen LogP contribution in [0, 0.1) is 5.41 Å². The summed E-state index contributed by atoms with van der Waals surface area (Å²) in [4.78, 5) is 25.3. The first kappa shape index (κ1) is 16.8. The fourth-order valence-electron chi connectivity index (χ4n) is 2.44. The minimum Gasteiger partial charge on any atom is -0.480 e. The standard InChI is InChI=1S/C14H27N3O3/c1-14(2,3)11(12(18)19)16-13(20)15-9-10-7-5-6-8-17(10)4/h10-11H,5-9H2,1-4H3,(H,18,19)(H2,15,16,20). The van der Waals surface area contributed by atoms with Crippen LogP contribution in [0.3, 0.4) is 0 Å². The maximum Gasteiger partial charge on any atom is 0.326 e.